The van der Waals surface area contributed by atoms with Gasteiger partial charge in [-0.15, -0.1) is 0 Å². The quantitative estimate of drug-likeness (QED) is 0.912. The van der Waals surface area contributed by atoms with Crippen LogP contribution in [0, 0.1) is 5.92 Å². The lowest BCUT2D eigenvalue weighted by molar-refractivity contribution is -0.138. The van der Waals surface area contributed by atoms with Crippen molar-refractivity contribution in [2.24, 2.45) is 5.92 Å². The smallest absolute Gasteiger partial charge is 0.225 e. The Bertz CT molecular complexity index is 799. The average molecular weight is 355 g/mol. The molecule has 26 heavy (non-hydrogen) atoms. The highest BCUT2D eigenvalue weighted by Gasteiger charge is 2.32. The summed E-state index contributed by atoms with van der Waals surface area (Å²) >= 11 is 0. The van der Waals surface area contributed by atoms with Crippen molar-refractivity contribution < 1.29 is 9.59 Å². The maximum Gasteiger partial charge on any atom is 0.225 e. The number of fused-ring (bicyclic) bond motifs is 1. The number of likely N-dealkylation sites (tertiary alicyclic amines) is 1. The minimum absolute atomic E-state index is 0.0447. The lowest BCUT2D eigenvalue weighted by atomic mass is 9.87. The molecule has 4 rings (SSSR count). The number of carbonyl (C=O) groups is 2. The molecule has 1 saturated heterocycles. The molecule has 0 bridgehead atoms. The number of aromatic nitrogens is 3. The zero-order valence-electron chi connectivity index (χ0n) is 15.1. The summed E-state index contributed by atoms with van der Waals surface area (Å²) in [7, 11) is 2.07. The monoisotopic (exact) mass is 355 g/mol. The molecule has 0 unspecified atom stereocenters. The van der Waals surface area contributed by atoms with Gasteiger partial charge in [0, 0.05) is 51.1 Å². The number of hydrogen-bond acceptors (Lipinski definition) is 5. The molecule has 2 aromatic rings. The Labute approximate surface area is 152 Å². The van der Waals surface area contributed by atoms with Gasteiger partial charge < -0.3 is 14.8 Å². The van der Waals surface area contributed by atoms with Gasteiger partial charge in [-0.25, -0.2) is 9.97 Å². The summed E-state index contributed by atoms with van der Waals surface area (Å²) in [4.78, 5) is 40.2. The molecule has 1 amide bonds. The number of carbonyl (C=O) groups excluding carboxylic acids is 2. The van der Waals surface area contributed by atoms with E-state index in [1.54, 1.807) is 6.33 Å². The number of amides is 1. The predicted octanol–water partition coefficient (Wildman–Crippen LogP) is 2.14. The number of rotatable bonds is 3. The summed E-state index contributed by atoms with van der Waals surface area (Å²) < 4.78 is 0. The van der Waals surface area contributed by atoms with Crippen molar-refractivity contribution in [3.63, 3.8) is 0 Å². The molecule has 2 aliphatic rings. The largest absolute Gasteiger partial charge is 0.356 e. The third-order valence-corrected chi connectivity index (χ3v) is 5.88. The molecule has 0 radical (unpaired) electrons. The van der Waals surface area contributed by atoms with Crippen LogP contribution in [0.4, 0.5) is 5.82 Å². The lowest BCUT2D eigenvalue weighted by Gasteiger charge is -2.39. The second kappa shape index (κ2) is 7.05. The molecule has 0 atom stereocenters. The van der Waals surface area contributed by atoms with Crippen LogP contribution in [0.1, 0.15) is 38.5 Å². The third-order valence-electron chi connectivity index (χ3n) is 5.88. The van der Waals surface area contributed by atoms with Crippen LogP contribution in [0.5, 0.6) is 0 Å². The van der Waals surface area contributed by atoms with Gasteiger partial charge in [-0.2, -0.15) is 0 Å². The van der Waals surface area contributed by atoms with E-state index in [4.69, 9.17) is 0 Å². The number of nitrogens with one attached hydrogen (secondary N) is 1. The fourth-order valence-corrected chi connectivity index (χ4v) is 4.23. The number of Topliss-reactive ketones (excluding diaryl/α,β-unsaturated/α-hetero) is 1. The van der Waals surface area contributed by atoms with Crippen molar-refractivity contribution in [2.45, 2.75) is 44.6 Å². The first kappa shape index (κ1) is 17.0. The van der Waals surface area contributed by atoms with E-state index >= 15 is 0 Å². The first-order valence-corrected chi connectivity index (χ1v) is 9.45. The Morgan fingerprint density at radius 2 is 1.92 bits per heavy atom. The molecule has 7 nitrogen and oxygen atoms in total. The standard InChI is InChI=1S/C19H25N5O2/c1-23(18-16-6-9-20-17(16)21-12-22-18)14-7-10-24(11-8-14)19(26)13-2-4-15(25)5-3-13/h6,9,12-14H,2-5,7-8,10-11H2,1H3,(H,20,21,22). The van der Waals surface area contributed by atoms with Crippen molar-refractivity contribution in [3.05, 3.63) is 18.6 Å². The molecule has 2 fully saturated rings. The third kappa shape index (κ3) is 3.18. The zero-order valence-corrected chi connectivity index (χ0v) is 15.1. The highest BCUT2D eigenvalue weighted by Crippen LogP contribution is 2.28. The molecule has 0 aromatic carbocycles. The zero-order chi connectivity index (χ0) is 18.1. The maximum atomic E-state index is 12.7. The molecule has 1 saturated carbocycles. The van der Waals surface area contributed by atoms with Crippen LogP contribution in [0.2, 0.25) is 0 Å². The van der Waals surface area contributed by atoms with Gasteiger partial charge in [0.15, 0.2) is 0 Å². The predicted molar refractivity (Wildman–Crippen MR) is 98.9 cm³/mol. The summed E-state index contributed by atoms with van der Waals surface area (Å²) in [6, 6.07) is 2.37. The van der Waals surface area contributed by atoms with Crippen molar-refractivity contribution in [2.75, 3.05) is 25.0 Å². The highest BCUT2D eigenvalue weighted by atomic mass is 16.2. The molecule has 2 aromatic heterocycles. The summed E-state index contributed by atoms with van der Waals surface area (Å²) in [5.41, 5.74) is 0.848. The first-order chi connectivity index (χ1) is 12.6. The summed E-state index contributed by atoms with van der Waals surface area (Å²) in [6.45, 7) is 1.55. The number of anilines is 1. The number of nitrogens with zero attached hydrogens (tertiary/aromatic N) is 4. The van der Waals surface area contributed by atoms with Gasteiger partial charge in [-0.3, -0.25) is 9.59 Å². The molecule has 3 heterocycles. The van der Waals surface area contributed by atoms with E-state index in [1.165, 1.54) is 0 Å². The van der Waals surface area contributed by atoms with Crippen LogP contribution < -0.4 is 4.90 Å². The molecular weight excluding hydrogens is 330 g/mol. The Kier molecular flexibility index (Phi) is 4.61. The van der Waals surface area contributed by atoms with E-state index in [-0.39, 0.29) is 11.8 Å². The van der Waals surface area contributed by atoms with Crippen LogP contribution >= 0.6 is 0 Å². The van der Waals surface area contributed by atoms with E-state index in [1.807, 2.05) is 17.2 Å². The number of ketones is 1. The second-order valence-electron chi connectivity index (χ2n) is 7.42. The van der Waals surface area contributed by atoms with E-state index < -0.39 is 0 Å². The van der Waals surface area contributed by atoms with Crippen LogP contribution in [-0.2, 0) is 9.59 Å². The molecule has 7 heteroatoms. The van der Waals surface area contributed by atoms with Crippen molar-refractivity contribution in [1.82, 2.24) is 19.9 Å². The van der Waals surface area contributed by atoms with Gasteiger partial charge in [0.2, 0.25) is 5.91 Å². The number of H-pyrrole nitrogens is 1. The van der Waals surface area contributed by atoms with E-state index in [0.29, 0.717) is 24.7 Å². The molecule has 1 N–H and O–H groups in total. The summed E-state index contributed by atoms with van der Waals surface area (Å²) in [5, 5.41) is 1.03. The van der Waals surface area contributed by atoms with E-state index in [0.717, 1.165) is 55.6 Å². The van der Waals surface area contributed by atoms with Crippen LogP contribution in [0.25, 0.3) is 11.0 Å². The second-order valence-corrected chi connectivity index (χ2v) is 7.42. The molecule has 1 aliphatic heterocycles. The normalized spacial score (nSPS) is 19.9. The van der Waals surface area contributed by atoms with Gasteiger partial charge in [0.25, 0.3) is 0 Å². The molecule has 0 spiro atoms. The van der Waals surface area contributed by atoms with Gasteiger partial charge >= 0.3 is 0 Å². The minimum atomic E-state index is 0.0447. The van der Waals surface area contributed by atoms with Crippen LogP contribution in [0.15, 0.2) is 18.6 Å². The average Bonchev–Trinajstić information content (AvgIpc) is 3.16. The minimum Gasteiger partial charge on any atom is -0.356 e. The number of piperidine rings is 1. The van der Waals surface area contributed by atoms with E-state index in [2.05, 4.69) is 26.9 Å². The van der Waals surface area contributed by atoms with Crippen LogP contribution in [-0.4, -0.2) is 57.7 Å². The lowest BCUT2D eigenvalue weighted by Crippen LogP contribution is -2.48. The highest BCUT2D eigenvalue weighted by molar-refractivity contribution is 5.87. The van der Waals surface area contributed by atoms with E-state index in [9.17, 15) is 9.59 Å². The van der Waals surface area contributed by atoms with Crippen molar-refractivity contribution in [1.29, 1.82) is 0 Å². The Hall–Kier alpha value is -2.44. The molecule has 138 valence electrons. The van der Waals surface area contributed by atoms with Gasteiger partial charge in [-0.1, -0.05) is 0 Å². The Balaban J connectivity index is 1.38. The topological polar surface area (TPSA) is 82.2 Å². The summed E-state index contributed by atoms with van der Waals surface area (Å²) in [6.07, 6.45) is 7.92. The van der Waals surface area contributed by atoms with Gasteiger partial charge in [0.1, 0.15) is 23.6 Å². The Morgan fingerprint density at radius 1 is 1.19 bits per heavy atom. The van der Waals surface area contributed by atoms with Crippen LogP contribution in [0.3, 0.4) is 0 Å². The maximum absolute atomic E-state index is 12.7. The SMILES string of the molecule is CN(c1ncnc2[nH]ccc12)C1CCN(C(=O)C2CCC(=O)CC2)CC1. The number of aromatic amines is 1. The van der Waals surface area contributed by atoms with Crippen molar-refractivity contribution >= 4 is 28.5 Å². The van der Waals surface area contributed by atoms with Gasteiger partial charge in [-0.05, 0) is 31.7 Å². The fraction of sp³-hybridized carbons (Fsp3) is 0.579. The number of hydrogen-bond donors (Lipinski definition) is 1. The fourth-order valence-electron chi connectivity index (χ4n) is 4.23. The summed E-state index contributed by atoms with van der Waals surface area (Å²) in [5.74, 6) is 1.53. The van der Waals surface area contributed by atoms with Crippen molar-refractivity contribution in [3.8, 4) is 0 Å². The van der Waals surface area contributed by atoms with Gasteiger partial charge in [0.05, 0.1) is 5.39 Å². The molecular formula is C19H25N5O2. The Morgan fingerprint density at radius 3 is 2.65 bits per heavy atom. The molecule has 1 aliphatic carbocycles. The first-order valence-electron chi connectivity index (χ1n) is 9.45.